The first-order valence-electron chi connectivity index (χ1n) is 7.01. The van der Waals surface area contributed by atoms with E-state index in [2.05, 4.69) is 5.32 Å². The van der Waals surface area contributed by atoms with Crippen molar-refractivity contribution in [2.24, 2.45) is 0 Å². The maximum absolute atomic E-state index is 10.8. The van der Waals surface area contributed by atoms with Gasteiger partial charge in [-0.25, -0.2) is 0 Å². The highest BCUT2D eigenvalue weighted by Gasteiger charge is 1.97. The molecule has 0 saturated heterocycles. The molecule has 0 rings (SSSR count). The largest absolute Gasteiger partial charge is 0.394 e. The third kappa shape index (κ3) is 17.2. The maximum Gasteiger partial charge on any atom is 0.245 e. The molecule has 0 atom stereocenters. The Balaban J connectivity index is 2.98. The molecule has 0 radical (unpaired) electrons. The molecule has 0 aliphatic heterocycles. The lowest BCUT2D eigenvalue weighted by Crippen LogP contribution is -2.24. The van der Waals surface area contributed by atoms with Crippen molar-refractivity contribution in [2.75, 3.05) is 79.7 Å². The van der Waals surface area contributed by atoms with Gasteiger partial charge in [0, 0.05) is 7.05 Å². The van der Waals surface area contributed by atoms with E-state index in [9.17, 15) is 4.79 Å². The van der Waals surface area contributed by atoms with E-state index in [1.165, 1.54) is 0 Å². The van der Waals surface area contributed by atoms with Gasteiger partial charge in [-0.2, -0.15) is 0 Å². The van der Waals surface area contributed by atoms with E-state index in [1.54, 1.807) is 7.05 Å². The van der Waals surface area contributed by atoms with Gasteiger partial charge in [0.2, 0.25) is 5.91 Å². The smallest absolute Gasteiger partial charge is 0.245 e. The van der Waals surface area contributed by atoms with Crippen molar-refractivity contribution in [2.45, 2.75) is 0 Å². The molecule has 0 aliphatic carbocycles. The summed E-state index contributed by atoms with van der Waals surface area (Å²) < 4.78 is 25.9. The van der Waals surface area contributed by atoms with Crippen LogP contribution >= 0.6 is 0 Å². The van der Waals surface area contributed by atoms with Crippen LogP contribution in [0.2, 0.25) is 0 Å². The fourth-order valence-corrected chi connectivity index (χ4v) is 1.18. The summed E-state index contributed by atoms with van der Waals surface area (Å²) in [5, 5.41) is 10.9. The summed E-state index contributed by atoms with van der Waals surface area (Å²) in [4.78, 5) is 10.8. The predicted molar refractivity (Wildman–Crippen MR) is 75.2 cm³/mol. The van der Waals surface area contributed by atoms with Gasteiger partial charge < -0.3 is 34.1 Å². The molecule has 0 aliphatic rings. The molecule has 126 valence electrons. The predicted octanol–water partition coefficient (Wildman–Crippen LogP) is -1.19. The minimum absolute atomic E-state index is 0.0277. The lowest BCUT2D eigenvalue weighted by Gasteiger charge is -2.07. The number of aliphatic hydroxyl groups is 1. The van der Waals surface area contributed by atoms with Crippen molar-refractivity contribution in [3.05, 3.63) is 0 Å². The molecule has 0 unspecified atom stereocenters. The molecular weight excluding hydrogens is 282 g/mol. The van der Waals surface area contributed by atoms with Gasteiger partial charge in [-0.1, -0.05) is 0 Å². The Labute approximate surface area is 125 Å². The summed E-state index contributed by atoms with van der Waals surface area (Å²) in [6.45, 7) is 4.14. The fraction of sp³-hybridized carbons (Fsp3) is 0.923. The Hall–Kier alpha value is -0.770. The second-order valence-electron chi connectivity index (χ2n) is 3.90. The van der Waals surface area contributed by atoms with Crippen molar-refractivity contribution in [3.8, 4) is 0 Å². The van der Waals surface area contributed by atoms with E-state index in [0.29, 0.717) is 59.5 Å². The number of hydrogen-bond donors (Lipinski definition) is 2. The van der Waals surface area contributed by atoms with E-state index in [4.69, 9.17) is 28.8 Å². The summed E-state index contributed by atoms with van der Waals surface area (Å²) >= 11 is 0. The first kappa shape index (κ1) is 20.2. The van der Waals surface area contributed by atoms with Crippen LogP contribution in [0.3, 0.4) is 0 Å². The van der Waals surface area contributed by atoms with Crippen molar-refractivity contribution < 1.29 is 33.6 Å². The highest BCUT2D eigenvalue weighted by atomic mass is 16.6. The Bertz CT molecular complexity index is 229. The van der Waals surface area contributed by atoms with Crippen LogP contribution in [-0.2, 0) is 28.5 Å². The standard InChI is InChI=1S/C13H27NO7/c1-14-13(16)12-21-11-10-20-9-8-19-7-6-18-5-4-17-3-2-15/h15H,2-12H2,1H3,(H,14,16). The van der Waals surface area contributed by atoms with Gasteiger partial charge in [0.05, 0.1) is 66.1 Å². The number of aliphatic hydroxyl groups excluding tert-OH is 1. The molecule has 0 fully saturated rings. The van der Waals surface area contributed by atoms with E-state index in [0.717, 1.165) is 0 Å². The molecule has 0 heterocycles. The second kappa shape index (κ2) is 17.3. The average Bonchev–Trinajstić information content (AvgIpc) is 2.50. The third-order valence-electron chi connectivity index (χ3n) is 2.24. The van der Waals surface area contributed by atoms with Crippen molar-refractivity contribution in [1.29, 1.82) is 0 Å². The summed E-state index contributed by atoms with van der Waals surface area (Å²) in [6, 6.07) is 0. The number of hydrogen-bond acceptors (Lipinski definition) is 7. The molecule has 0 aromatic carbocycles. The van der Waals surface area contributed by atoms with E-state index in [1.807, 2.05) is 0 Å². The van der Waals surface area contributed by atoms with Gasteiger partial charge in [-0.05, 0) is 0 Å². The number of carbonyl (C=O) groups excluding carboxylic acids is 1. The molecule has 21 heavy (non-hydrogen) atoms. The summed E-state index contributed by atoms with van der Waals surface area (Å²) in [7, 11) is 1.56. The molecule has 0 spiro atoms. The lowest BCUT2D eigenvalue weighted by atomic mass is 10.6. The number of ether oxygens (including phenoxy) is 5. The molecule has 1 amide bonds. The number of amides is 1. The maximum atomic E-state index is 10.8. The summed E-state index contributed by atoms with van der Waals surface area (Å²) in [6.07, 6.45) is 0. The summed E-state index contributed by atoms with van der Waals surface area (Å²) in [5.74, 6) is -0.153. The minimum atomic E-state index is -0.153. The Morgan fingerprint density at radius 2 is 1.14 bits per heavy atom. The fourth-order valence-electron chi connectivity index (χ4n) is 1.18. The van der Waals surface area contributed by atoms with Gasteiger partial charge in [-0.3, -0.25) is 4.79 Å². The number of likely N-dealkylation sites (N-methyl/N-ethyl adjacent to an activating group) is 1. The Morgan fingerprint density at radius 3 is 1.52 bits per heavy atom. The molecular formula is C13H27NO7. The zero-order valence-corrected chi connectivity index (χ0v) is 12.7. The van der Waals surface area contributed by atoms with Gasteiger partial charge in [0.1, 0.15) is 6.61 Å². The lowest BCUT2D eigenvalue weighted by molar-refractivity contribution is -0.125. The van der Waals surface area contributed by atoms with Crippen LogP contribution in [-0.4, -0.2) is 90.7 Å². The monoisotopic (exact) mass is 309 g/mol. The van der Waals surface area contributed by atoms with Crippen LogP contribution < -0.4 is 5.32 Å². The van der Waals surface area contributed by atoms with Crippen LogP contribution in [0, 0.1) is 0 Å². The SMILES string of the molecule is CNC(=O)COCCOCCOCCOCCOCCO. The van der Waals surface area contributed by atoms with E-state index >= 15 is 0 Å². The van der Waals surface area contributed by atoms with Gasteiger partial charge in [0.15, 0.2) is 0 Å². The summed E-state index contributed by atoms with van der Waals surface area (Å²) in [5.41, 5.74) is 0. The minimum Gasteiger partial charge on any atom is -0.394 e. The molecule has 0 bridgehead atoms. The van der Waals surface area contributed by atoms with Crippen LogP contribution in [0.4, 0.5) is 0 Å². The zero-order chi connectivity index (χ0) is 15.6. The van der Waals surface area contributed by atoms with Crippen molar-refractivity contribution >= 4 is 5.91 Å². The number of nitrogens with one attached hydrogen (secondary N) is 1. The first-order chi connectivity index (χ1) is 10.3. The van der Waals surface area contributed by atoms with Gasteiger partial charge in [0.25, 0.3) is 0 Å². The quantitative estimate of drug-likeness (QED) is 0.346. The van der Waals surface area contributed by atoms with E-state index < -0.39 is 0 Å². The highest BCUT2D eigenvalue weighted by molar-refractivity contribution is 5.76. The average molecular weight is 309 g/mol. The van der Waals surface area contributed by atoms with Crippen LogP contribution in [0.15, 0.2) is 0 Å². The normalized spacial score (nSPS) is 10.8. The Morgan fingerprint density at radius 1 is 0.762 bits per heavy atom. The van der Waals surface area contributed by atoms with Crippen LogP contribution in [0.5, 0.6) is 0 Å². The van der Waals surface area contributed by atoms with Gasteiger partial charge in [-0.15, -0.1) is 0 Å². The molecule has 2 N–H and O–H groups in total. The van der Waals surface area contributed by atoms with Crippen molar-refractivity contribution in [1.82, 2.24) is 5.32 Å². The molecule has 0 aromatic rings. The Kier molecular flexibility index (Phi) is 16.6. The van der Waals surface area contributed by atoms with Gasteiger partial charge >= 0.3 is 0 Å². The molecule has 8 nitrogen and oxygen atoms in total. The second-order valence-corrected chi connectivity index (χ2v) is 3.90. The third-order valence-corrected chi connectivity index (χ3v) is 2.24. The highest BCUT2D eigenvalue weighted by Crippen LogP contribution is 1.83. The number of rotatable bonds is 16. The topological polar surface area (TPSA) is 95.5 Å². The van der Waals surface area contributed by atoms with Crippen LogP contribution in [0.1, 0.15) is 0 Å². The molecule has 8 heteroatoms. The van der Waals surface area contributed by atoms with Crippen molar-refractivity contribution in [3.63, 3.8) is 0 Å². The van der Waals surface area contributed by atoms with Crippen LogP contribution in [0.25, 0.3) is 0 Å². The zero-order valence-electron chi connectivity index (χ0n) is 12.7. The number of carbonyl (C=O) groups is 1. The molecule has 0 aromatic heterocycles. The molecule has 0 saturated carbocycles. The van der Waals surface area contributed by atoms with E-state index in [-0.39, 0.29) is 19.1 Å². The first-order valence-corrected chi connectivity index (χ1v) is 7.01.